The summed E-state index contributed by atoms with van der Waals surface area (Å²) in [4.78, 5) is 14.4. The molecule has 0 saturated heterocycles. The van der Waals surface area contributed by atoms with Crippen LogP contribution in [0.5, 0.6) is 11.8 Å². The van der Waals surface area contributed by atoms with Crippen molar-refractivity contribution in [2.45, 2.75) is 84.8 Å². The number of aromatic hydroxyl groups is 1. The molecule has 1 N–H and O–H groups in total. The Morgan fingerprint density at radius 1 is 0.698 bits per heavy atom. The minimum Gasteiger partial charge on any atom is -0.507 e. The Morgan fingerprint density at radius 3 is 2.16 bits per heavy atom. The molecule has 43 heavy (non-hydrogen) atoms. The number of hydrogen-bond donors (Lipinski definition) is 1. The monoisotopic (exact) mass is 577 g/mol. The molecule has 0 aliphatic heterocycles. The van der Waals surface area contributed by atoms with E-state index in [4.69, 9.17) is 19.4 Å². The lowest BCUT2D eigenvalue weighted by Gasteiger charge is -2.16. The van der Waals surface area contributed by atoms with Crippen LogP contribution in [0.15, 0.2) is 72.8 Å². The summed E-state index contributed by atoms with van der Waals surface area (Å²) in [6, 6.07) is 24.7. The number of unbranched alkanes of at least 4 members (excludes halogenated alkanes) is 4. The molecule has 0 bridgehead atoms. The number of aromatic nitrogens is 3. The Kier molecular flexibility index (Phi) is 10.6. The van der Waals surface area contributed by atoms with Gasteiger partial charge in [0.2, 0.25) is 0 Å². The zero-order chi connectivity index (χ0) is 30.0. The highest BCUT2D eigenvalue weighted by Gasteiger charge is 2.18. The van der Waals surface area contributed by atoms with E-state index in [1.165, 1.54) is 11.8 Å². The molecular formula is C37H43N3O3. The molecule has 0 saturated carbocycles. The van der Waals surface area contributed by atoms with Gasteiger partial charge in [0.15, 0.2) is 11.6 Å². The molecule has 1 unspecified atom stereocenters. The van der Waals surface area contributed by atoms with Crippen LogP contribution in [-0.2, 0) is 11.3 Å². The maximum absolute atomic E-state index is 11.2. The van der Waals surface area contributed by atoms with E-state index in [1.807, 2.05) is 24.3 Å². The topological polar surface area (TPSA) is 77.4 Å². The van der Waals surface area contributed by atoms with Crippen molar-refractivity contribution < 1.29 is 14.6 Å². The summed E-state index contributed by atoms with van der Waals surface area (Å²) < 4.78 is 12.2. The van der Waals surface area contributed by atoms with Crippen molar-refractivity contribution in [1.29, 1.82) is 0 Å². The quantitative estimate of drug-likeness (QED) is 0.0986. The number of fused-ring (bicyclic) bond motifs is 3. The Morgan fingerprint density at radius 2 is 1.42 bits per heavy atom. The van der Waals surface area contributed by atoms with Crippen LogP contribution in [0, 0.1) is 0 Å². The number of rotatable bonds is 15. The Labute approximate surface area is 255 Å². The zero-order valence-electron chi connectivity index (χ0n) is 25.7. The summed E-state index contributed by atoms with van der Waals surface area (Å²) >= 11 is 0. The number of nitrogens with zero attached hydrogens (tertiary/aromatic N) is 3. The van der Waals surface area contributed by atoms with E-state index >= 15 is 0 Å². The largest absolute Gasteiger partial charge is 0.507 e. The van der Waals surface area contributed by atoms with Crippen molar-refractivity contribution in [3.05, 3.63) is 78.4 Å². The van der Waals surface area contributed by atoms with Crippen LogP contribution in [0.1, 0.15) is 77.7 Å². The van der Waals surface area contributed by atoms with Gasteiger partial charge in [-0.15, -0.1) is 0 Å². The molecule has 5 aromatic rings. The lowest BCUT2D eigenvalue weighted by molar-refractivity contribution is 0.0312. The maximum atomic E-state index is 11.2. The van der Waals surface area contributed by atoms with Crippen LogP contribution in [0.3, 0.4) is 0 Å². The summed E-state index contributed by atoms with van der Waals surface area (Å²) in [5, 5.41) is 15.6. The van der Waals surface area contributed by atoms with Gasteiger partial charge in [0, 0.05) is 5.56 Å². The van der Waals surface area contributed by atoms with Gasteiger partial charge in [-0.2, -0.15) is 9.97 Å². The molecule has 4 aromatic carbocycles. The first-order valence-corrected chi connectivity index (χ1v) is 15.8. The summed E-state index contributed by atoms with van der Waals surface area (Å²) in [5.74, 6) is 1.01. The van der Waals surface area contributed by atoms with Crippen molar-refractivity contribution in [2.75, 3.05) is 6.61 Å². The first kappa shape index (κ1) is 30.4. The van der Waals surface area contributed by atoms with Gasteiger partial charge in [0.05, 0.1) is 24.9 Å². The maximum Gasteiger partial charge on any atom is 0.320 e. The zero-order valence-corrected chi connectivity index (χ0v) is 25.7. The lowest BCUT2D eigenvalue weighted by Crippen LogP contribution is -2.11. The highest BCUT2D eigenvalue weighted by molar-refractivity contribution is 6.13. The van der Waals surface area contributed by atoms with Gasteiger partial charge < -0.3 is 14.6 Å². The number of phenolic OH excluding ortho intramolecular Hbond substituents is 1. The van der Waals surface area contributed by atoms with Crippen LogP contribution in [0.4, 0.5) is 0 Å². The predicted molar refractivity (Wildman–Crippen MR) is 175 cm³/mol. The van der Waals surface area contributed by atoms with Gasteiger partial charge in [-0.25, -0.2) is 4.98 Å². The molecule has 224 valence electrons. The third-order valence-corrected chi connectivity index (χ3v) is 7.98. The molecule has 0 aliphatic rings. The summed E-state index contributed by atoms with van der Waals surface area (Å²) in [6.45, 7) is 7.52. The summed E-state index contributed by atoms with van der Waals surface area (Å²) in [6.07, 6.45) is 8.91. The number of ether oxygens (including phenoxy) is 2. The molecular weight excluding hydrogens is 534 g/mol. The molecule has 1 aromatic heterocycles. The summed E-state index contributed by atoms with van der Waals surface area (Å²) in [7, 11) is 0. The molecule has 0 spiro atoms. The average molecular weight is 578 g/mol. The molecule has 0 amide bonds. The molecule has 0 fully saturated rings. The van der Waals surface area contributed by atoms with Gasteiger partial charge in [-0.05, 0) is 64.6 Å². The predicted octanol–water partition coefficient (Wildman–Crippen LogP) is 9.66. The fraction of sp³-hybridized carbons (Fsp3) is 0.378. The van der Waals surface area contributed by atoms with Crippen LogP contribution in [0.2, 0.25) is 0 Å². The molecule has 1 atom stereocenters. The van der Waals surface area contributed by atoms with Crippen molar-refractivity contribution in [1.82, 2.24) is 15.0 Å². The lowest BCUT2D eigenvalue weighted by atomic mass is 9.97. The van der Waals surface area contributed by atoms with E-state index < -0.39 is 0 Å². The standard InChI is InChI=1S/C37H43N3O3/c1-4-7-9-14-22-42-37-39-35(32-21-20-26(23-34(32)41)25-43-28(6-3)16-8-5-2)38-36(40-37)33-24-27-15-10-11-17-29(27)30-18-12-13-19-31(30)33/h10-13,15,17-21,23-24,28,41H,4-9,14,16,22,25H2,1-3H3. The second-order valence-electron chi connectivity index (χ2n) is 11.2. The first-order valence-electron chi connectivity index (χ1n) is 15.8. The van der Waals surface area contributed by atoms with E-state index in [9.17, 15) is 5.11 Å². The third kappa shape index (κ3) is 7.49. The highest BCUT2D eigenvalue weighted by Crippen LogP contribution is 2.36. The molecule has 6 heteroatoms. The number of benzene rings is 4. The Balaban J connectivity index is 1.52. The van der Waals surface area contributed by atoms with Crippen LogP contribution >= 0.6 is 0 Å². The SMILES string of the molecule is CCCCCCOc1nc(-c2ccc(COC(CC)CCCC)cc2O)nc(-c2cc3ccccc3c3ccccc23)n1. The van der Waals surface area contributed by atoms with Crippen molar-refractivity contribution >= 4 is 21.5 Å². The highest BCUT2D eigenvalue weighted by atomic mass is 16.5. The smallest absolute Gasteiger partial charge is 0.320 e. The molecule has 0 radical (unpaired) electrons. The van der Waals surface area contributed by atoms with Crippen LogP contribution in [-0.4, -0.2) is 32.8 Å². The van der Waals surface area contributed by atoms with E-state index in [0.717, 1.165) is 72.2 Å². The van der Waals surface area contributed by atoms with E-state index in [0.29, 0.717) is 30.4 Å². The Bertz CT molecular complexity index is 1650. The van der Waals surface area contributed by atoms with Gasteiger partial charge in [0.1, 0.15) is 5.75 Å². The van der Waals surface area contributed by atoms with E-state index in [-0.39, 0.29) is 17.9 Å². The van der Waals surface area contributed by atoms with Crippen molar-refractivity contribution in [3.63, 3.8) is 0 Å². The fourth-order valence-corrected chi connectivity index (χ4v) is 5.50. The molecule has 5 rings (SSSR count). The first-order chi connectivity index (χ1) is 21.1. The van der Waals surface area contributed by atoms with E-state index in [2.05, 4.69) is 68.2 Å². The second-order valence-corrected chi connectivity index (χ2v) is 11.2. The minimum atomic E-state index is 0.108. The van der Waals surface area contributed by atoms with E-state index in [1.54, 1.807) is 6.07 Å². The Hall–Kier alpha value is -4.03. The number of hydrogen-bond acceptors (Lipinski definition) is 6. The van der Waals surface area contributed by atoms with Gasteiger partial charge >= 0.3 is 6.01 Å². The average Bonchev–Trinajstić information content (AvgIpc) is 3.04. The van der Waals surface area contributed by atoms with Crippen molar-refractivity contribution in [3.8, 4) is 34.5 Å². The number of phenols is 1. The molecule has 0 aliphatic carbocycles. The minimum absolute atomic E-state index is 0.108. The fourth-order valence-electron chi connectivity index (χ4n) is 5.50. The second kappa shape index (κ2) is 14.9. The van der Waals surface area contributed by atoms with Gasteiger partial charge in [-0.1, -0.05) is 107 Å². The van der Waals surface area contributed by atoms with Crippen LogP contribution in [0.25, 0.3) is 44.3 Å². The molecule has 6 nitrogen and oxygen atoms in total. The van der Waals surface area contributed by atoms with Gasteiger partial charge in [0.25, 0.3) is 0 Å². The normalized spacial score (nSPS) is 12.2. The third-order valence-electron chi connectivity index (χ3n) is 7.98. The summed E-state index contributed by atoms with van der Waals surface area (Å²) in [5.41, 5.74) is 2.35. The van der Waals surface area contributed by atoms with Crippen molar-refractivity contribution in [2.24, 2.45) is 0 Å². The molecule has 1 heterocycles. The van der Waals surface area contributed by atoms with Gasteiger partial charge in [-0.3, -0.25) is 0 Å². The van der Waals surface area contributed by atoms with Crippen LogP contribution < -0.4 is 4.74 Å².